The van der Waals surface area contributed by atoms with E-state index in [2.05, 4.69) is 22.1 Å². The third-order valence-corrected chi connectivity index (χ3v) is 4.44. The average molecular weight is 387 g/mol. The largest absolute Gasteiger partial charge is 0.377 e. The van der Waals surface area contributed by atoms with Gasteiger partial charge in [-0.3, -0.25) is 4.79 Å². The van der Waals surface area contributed by atoms with Gasteiger partial charge in [-0.1, -0.05) is 41.0 Å². The fourth-order valence-corrected chi connectivity index (χ4v) is 2.99. The van der Waals surface area contributed by atoms with Crippen LogP contribution >= 0.6 is 35.0 Å². The number of nitrogens with zero attached hydrogens (tertiary/aromatic N) is 3. The lowest BCUT2D eigenvalue weighted by Crippen LogP contribution is -2.15. The monoisotopic (exact) mass is 386 g/mol. The second-order valence-electron chi connectivity index (χ2n) is 4.69. The summed E-state index contributed by atoms with van der Waals surface area (Å²) in [5, 5.41) is 12.4. The van der Waals surface area contributed by atoms with Gasteiger partial charge in [-0.25, -0.2) is 0 Å². The highest BCUT2D eigenvalue weighted by atomic mass is 35.5. The smallest absolute Gasteiger partial charge is 0.234 e. The summed E-state index contributed by atoms with van der Waals surface area (Å²) >= 11 is 13.2. The first kappa shape index (κ1) is 18.8. The number of carbonyl (C=O) groups excluding carboxylic acids is 1. The molecule has 24 heavy (non-hydrogen) atoms. The number of nitrogens with one attached hydrogen (secondary N) is 1. The third-order valence-electron chi connectivity index (χ3n) is 2.91. The number of ether oxygens (including phenoxy) is 1. The molecule has 2 aromatic rings. The lowest BCUT2D eigenvalue weighted by molar-refractivity contribution is -0.113. The molecule has 0 saturated carbocycles. The van der Waals surface area contributed by atoms with Crippen molar-refractivity contribution in [1.29, 1.82) is 0 Å². The molecule has 0 radical (unpaired) electrons. The summed E-state index contributed by atoms with van der Waals surface area (Å²) in [5.41, 5.74) is 0.474. The van der Waals surface area contributed by atoms with Gasteiger partial charge >= 0.3 is 0 Å². The normalized spacial score (nSPS) is 10.6. The van der Waals surface area contributed by atoms with Crippen LogP contribution in [-0.2, 0) is 22.7 Å². The summed E-state index contributed by atoms with van der Waals surface area (Å²) in [5.74, 6) is 0.620. The number of thioether (sulfide) groups is 1. The molecule has 1 aromatic heterocycles. The highest BCUT2D eigenvalue weighted by molar-refractivity contribution is 7.99. The van der Waals surface area contributed by atoms with E-state index in [4.69, 9.17) is 27.9 Å². The molecule has 128 valence electrons. The number of methoxy groups -OCH3 is 1. The molecule has 2 rings (SSSR count). The summed E-state index contributed by atoms with van der Waals surface area (Å²) in [6.45, 7) is 4.59. The number of hydrogen-bond acceptors (Lipinski definition) is 5. The zero-order valence-electron chi connectivity index (χ0n) is 13.0. The molecule has 6 nitrogen and oxygen atoms in total. The minimum Gasteiger partial charge on any atom is -0.377 e. The molecule has 1 N–H and O–H groups in total. The van der Waals surface area contributed by atoms with Crippen LogP contribution in [0.25, 0.3) is 0 Å². The molecule has 0 unspecified atom stereocenters. The molecular weight excluding hydrogens is 371 g/mol. The van der Waals surface area contributed by atoms with Crippen molar-refractivity contribution in [3.05, 3.63) is 46.7 Å². The van der Waals surface area contributed by atoms with E-state index in [1.807, 2.05) is 4.57 Å². The van der Waals surface area contributed by atoms with Crippen LogP contribution in [0.2, 0.25) is 10.0 Å². The summed E-state index contributed by atoms with van der Waals surface area (Å²) < 4.78 is 6.93. The SMILES string of the molecule is C=CCn1c(COC)nnc1SCC(=O)Nc1cc(Cl)ccc1Cl. The van der Waals surface area contributed by atoms with Crippen LogP contribution < -0.4 is 5.32 Å². The minimum absolute atomic E-state index is 0.158. The van der Waals surface area contributed by atoms with Crippen molar-refractivity contribution in [2.75, 3.05) is 18.2 Å². The lowest BCUT2D eigenvalue weighted by Gasteiger charge is -2.09. The Morgan fingerprint density at radius 2 is 2.25 bits per heavy atom. The van der Waals surface area contributed by atoms with Gasteiger partial charge < -0.3 is 14.6 Å². The number of benzene rings is 1. The van der Waals surface area contributed by atoms with Crippen LogP contribution in [0.3, 0.4) is 0 Å². The van der Waals surface area contributed by atoms with Gasteiger partial charge in [0.05, 0.1) is 16.5 Å². The number of halogens is 2. The number of anilines is 1. The number of rotatable bonds is 8. The van der Waals surface area contributed by atoms with Crippen molar-refractivity contribution in [3.63, 3.8) is 0 Å². The maximum Gasteiger partial charge on any atom is 0.234 e. The molecule has 9 heteroatoms. The molecule has 0 atom stereocenters. The Bertz CT molecular complexity index is 736. The van der Waals surface area contributed by atoms with Gasteiger partial charge in [-0.15, -0.1) is 16.8 Å². The standard InChI is InChI=1S/C15H16Cl2N4O2S/c1-3-6-21-13(8-23-2)19-20-15(21)24-9-14(22)18-12-7-10(16)4-5-11(12)17/h3-5,7H,1,6,8-9H2,2H3,(H,18,22). The Morgan fingerprint density at radius 1 is 1.46 bits per heavy atom. The van der Waals surface area contributed by atoms with Gasteiger partial charge in [0.15, 0.2) is 11.0 Å². The maximum absolute atomic E-state index is 12.1. The van der Waals surface area contributed by atoms with Gasteiger partial charge in [0, 0.05) is 18.7 Å². The molecule has 1 aromatic carbocycles. The predicted molar refractivity (Wildman–Crippen MR) is 96.7 cm³/mol. The van der Waals surface area contributed by atoms with Crippen molar-refractivity contribution in [2.45, 2.75) is 18.3 Å². The van der Waals surface area contributed by atoms with Crippen molar-refractivity contribution in [2.24, 2.45) is 0 Å². The maximum atomic E-state index is 12.1. The number of amides is 1. The number of allylic oxidation sites excluding steroid dienone is 1. The van der Waals surface area contributed by atoms with Crippen LogP contribution in [0.4, 0.5) is 5.69 Å². The first-order valence-corrected chi connectivity index (χ1v) is 8.69. The topological polar surface area (TPSA) is 69.0 Å². The van der Waals surface area contributed by atoms with Gasteiger partial charge in [0.1, 0.15) is 6.61 Å². The molecule has 1 heterocycles. The molecule has 0 aliphatic carbocycles. The average Bonchev–Trinajstić information content (AvgIpc) is 2.92. The summed E-state index contributed by atoms with van der Waals surface area (Å²) in [4.78, 5) is 12.1. The van der Waals surface area contributed by atoms with Crippen molar-refractivity contribution >= 4 is 46.6 Å². The molecular formula is C15H16Cl2N4O2S. The Morgan fingerprint density at radius 3 is 2.96 bits per heavy atom. The van der Waals surface area contributed by atoms with E-state index in [1.54, 1.807) is 31.4 Å². The van der Waals surface area contributed by atoms with Crippen molar-refractivity contribution in [1.82, 2.24) is 14.8 Å². The molecule has 0 saturated heterocycles. The van der Waals surface area contributed by atoms with Gasteiger partial charge in [0.2, 0.25) is 5.91 Å². The van der Waals surface area contributed by atoms with Crippen LogP contribution in [0.15, 0.2) is 36.0 Å². The van der Waals surface area contributed by atoms with Gasteiger partial charge in [0.25, 0.3) is 0 Å². The van der Waals surface area contributed by atoms with E-state index in [9.17, 15) is 4.79 Å². The second-order valence-corrected chi connectivity index (χ2v) is 6.48. The third kappa shape index (κ3) is 4.98. The van der Waals surface area contributed by atoms with Gasteiger partial charge in [-0.05, 0) is 18.2 Å². The van der Waals surface area contributed by atoms with E-state index in [-0.39, 0.29) is 11.7 Å². The Labute approximate surface area is 154 Å². The van der Waals surface area contributed by atoms with Crippen LogP contribution in [-0.4, -0.2) is 33.5 Å². The van der Waals surface area contributed by atoms with E-state index in [1.165, 1.54) is 11.8 Å². The molecule has 0 aliphatic rings. The molecule has 0 bridgehead atoms. The summed E-state index contributed by atoms with van der Waals surface area (Å²) in [6, 6.07) is 4.89. The summed E-state index contributed by atoms with van der Waals surface area (Å²) in [7, 11) is 1.59. The Balaban J connectivity index is 2.01. The summed E-state index contributed by atoms with van der Waals surface area (Å²) in [6.07, 6.45) is 1.73. The van der Waals surface area contributed by atoms with E-state index >= 15 is 0 Å². The first-order valence-electron chi connectivity index (χ1n) is 6.94. The van der Waals surface area contributed by atoms with E-state index in [0.717, 1.165) is 0 Å². The van der Waals surface area contributed by atoms with Gasteiger partial charge in [-0.2, -0.15) is 0 Å². The molecule has 0 fully saturated rings. The van der Waals surface area contributed by atoms with Crippen LogP contribution in [0.5, 0.6) is 0 Å². The number of carbonyl (C=O) groups is 1. The molecule has 0 spiro atoms. The predicted octanol–water partition coefficient (Wildman–Crippen LogP) is 3.65. The zero-order valence-corrected chi connectivity index (χ0v) is 15.3. The second kappa shape index (κ2) is 9.08. The fraction of sp³-hybridized carbons (Fsp3) is 0.267. The van der Waals surface area contributed by atoms with E-state index in [0.29, 0.717) is 39.9 Å². The highest BCUT2D eigenvalue weighted by Crippen LogP contribution is 2.26. The van der Waals surface area contributed by atoms with E-state index < -0.39 is 0 Å². The number of hydrogen-bond donors (Lipinski definition) is 1. The fourth-order valence-electron chi connectivity index (χ4n) is 1.88. The Hall–Kier alpha value is -1.54. The highest BCUT2D eigenvalue weighted by Gasteiger charge is 2.14. The van der Waals surface area contributed by atoms with Crippen LogP contribution in [0, 0.1) is 0 Å². The quantitative estimate of drug-likeness (QED) is 0.553. The first-order chi connectivity index (χ1) is 11.5. The molecule has 1 amide bonds. The van der Waals surface area contributed by atoms with Crippen LogP contribution in [0.1, 0.15) is 5.82 Å². The number of aromatic nitrogens is 3. The minimum atomic E-state index is -0.217. The Kier molecular flexibility index (Phi) is 7.11. The van der Waals surface area contributed by atoms with Crippen molar-refractivity contribution in [3.8, 4) is 0 Å². The zero-order chi connectivity index (χ0) is 17.5. The molecule has 0 aliphatic heterocycles. The van der Waals surface area contributed by atoms with Crippen molar-refractivity contribution < 1.29 is 9.53 Å². The lowest BCUT2D eigenvalue weighted by atomic mass is 10.3.